The van der Waals surface area contributed by atoms with Crippen LogP contribution in [0.1, 0.15) is 31.9 Å². The lowest BCUT2D eigenvalue weighted by Crippen LogP contribution is -2.33. The number of benzene rings is 1. The average molecular weight is 275 g/mol. The maximum Gasteiger partial charge on any atom is 0.142 e. The highest BCUT2D eigenvalue weighted by Gasteiger charge is 2.20. The van der Waals surface area contributed by atoms with Crippen LogP contribution in [-0.4, -0.2) is 0 Å². The zero-order valence-electron chi connectivity index (χ0n) is 8.93. The SMILES string of the molecule is CCC(C)C(NN)c1cccc(Br)c1F. The molecule has 4 heteroatoms. The van der Waals surface area contributed by atoms with Gasteiger partial charge in [0.1, 0.15) is 5.82 Å². The number of hydrogen-bond donors (Lipinski definition) is 2. The van der Waals surface area contributed by atoms with Gasteiger partial charge in [-0.2, -0.15) is 0 Å². The summed E-state index contributed by atoms with van der Waals surface area (Å²) < 4.78 is 14.3. The van der Waals surface area contributed by atoms with Crippen molar-refractivity contribution < 1.29 is 4.39 Å². The smallest absolute Gasteiger partial charge is 0.142 e. The first-order valence-electron chi connectivity index (χ1n) is 5.01. The van der Waals surface area contributed by atoms with Crippen molar-refractivity contribution in [1.82, 2.24) is 5.43 Å². The van der Waals surface area contributed by atoms with Gasteiger partial charge in [-0.15, -0.1) is 0 Å². The maximum atomic E-state index is 13.8. The van der Waals surface area contributed by atoms with Gasteiger partial charge in [0, 0.05) is 5.56 Å². The van der Waals surface area contributed by atoms with Crippen molar-refractivity contribution in [1.29, 1.82) is 0 Å². The zero-order chi connectivity index (χ0) is 11.4. The van der Waals surface area contributed by atoms with E-state index in [0.717, 1.165) is 6.42 Å². The highest BCUT2D eigenvalue weighted by Crippen LogP contribution is 2.29. The van der Waals surface area contributed by atoms with Crippen LogP contribution in [0.2, 0.25) is 0 Å². The van der Waals surface area contributed by atoms with Crippen LogP contribution in [0, 0.1) is 11.7 Å². The Morgan fingerprint density at radius 3 is 2.73 bits per heavy atom. The Bertz CT molecular complexity index is 330. The summed E-state index contributed by atoms with van der Waals surface area (Å²) in [5, 5.41) is 0. The first-order chi connectivity index (χ1) is 7.11. The number of hydrogen-bond acceptors (Lipinski definition) is 2. The highest BCUT2D eigenvalue weighted by molar-refractivity contribution is 9.10. The van der Waals surface area contributed by atoms with Gasteiger partial charge >= 0.3 is 0 Å². The largest absolute Gasteiger partial charge is 0.271 e. The van der Waals surface area contributed by atoms with Gasteiger partial charge < -0.3 is 0 Å². The van der Waals surface area contributed by atoms with E-state index in [1.54, 1.807) is 12.1 Å². The van der Waals surface area contributed by atoms with Gasteiger partial charge in [0.25, 0.3) is 0 Å². The highest BCUT2D eigenvalue weighted by atomic mass is 79.9. The first kappa shape index (κ1) is 12.6. The molecule has 2 atom stereocenters. The lowest BCUT2D eigenvalue weighted by molar-refractivity contribution is 0.370. The predicted octanol–water partition coefficient (Wildman–Crippen LogP) is 3.14. The molecule has 0 fully saturated rings. The summed E-state index contributed by atoms with van der Waals surface area (Å²) in [7, 11) is 0. The Morgan fingerprint density at radius 2 is 2.20 bits per heavy atom. The van der Waals surface area contributed by atoms with Crippen LogP contribution < -0.4 is 11.3 Å². The molecule has 1 aromatic rings. The Balaban J connectivity index is 3.07. The second-order valence-corrected chi connectivity index (χ2v) is 4.53. The van der Waals surface area contributed by atoms with E-state index in [2.05, 4.69) is 28.3 Å². The number of nitrogens with two attached hydrogens (primary N) is 1. The molecule has 1 aromatic carbocycles. The van der Waals surface area contributed by atoms with Crippen LogP contribution in [0.5, 0.6) is 0 Å². The second kappa shape index (κ2) is 5.58. The Kier molecular flexibility index (Phi) is 4.70. The molecular weight excluding hydrogens is 259 g/mol. The van der Waals surface area contributed by atoms with Crippen molar-refractivity contribution in [2.45, 2.75) is 26.3 Å². The lowest BCUT2D eigenvalue weighted by Gasteiger charge is -2.23. The van der Waals surface area contributed by atoms with E-state index in [-0.39, 0.29) is 11.9 Å². The molecule has 0 saturated heterocycles. The van der Waals surface area contributed by atoms with Crippen LogP contribution in [-0.2, 0) is 0 Å². The fourth-order valence-electron chi connectivity index (χ4n) is 1.56. The fraction of sp³-hybridized carbons (Fsp3) is 0.455. The summed E-state index contributed by atoms with van der Waals surface area (Å²) in [5.74, 6) is 5.52. The van der Waals surface area contributed by atoms with Gasteiger partial charge in [0.05, 0.1) is 10.5 Å². The molecule has 15 heavy (non-hydrogen) atoms. The molecule has 0 amide bonds. The Hall–Kier alpha value is -0.450. The third kappa shape index (κ3) is 2.77. The number of rotatable bonds is 4. The van der Waals surface area contributed by atoms with Crippen LogP contribution >= 0.6 is 15.9 Å². The zero-order valence-corrected chi connectivity index (χ0v) is 10.5. The molecule has 0 radical (unpaired) electrons. The first-order valence-corrected chi connectivity index (χ1v) is 5.81. The number of hydrazine groups is 1. The lowest BCUT2D eigenvalue weighted by atomic mass is 9.93. The van der Waals surface area contributed by atoms with E-state index in [0.29, 0.717) is 16.0 Å². The molecule has 0 heterocycles. The molecule has 2 nitrogen and oxygen atoms in total. The molecule has 0 bridgehead atoms. The van der Waals surface area contributed by atoms with Crippen LogP contribution in [0.4, 0.5) is 4.39 Å². The van der Waals surface area contributed by atoms with Gasteiger partial charge in [-0.3, -0.25) is 11.3 Å². The van der Waals surface area contributed by atoms with E-state index in [4.69, 9.17) is 5.84 Å². The summed E-state index contributed by atoms with van der Waals surface area (Å²) in [4.78, 5) is 0. The molecule has 0 aliphatic rings. The minimum absolute atomic E-state index is 0.146. The van der Waals surface area contributed by atoms with Crippen LogP contribution in [0.15, 0.2) is 22.7 Å². The summed E-state index contributed by atoms with van der Waals surface area (Å²) in [6.07, 6.45) is 0.945. The van der Waals surface area contributed by atoms with E-state index < -0.39 is 0 Å². The minimum Gasteiger partial charge on any atom is -0.271 e. The molecule has 84 valence electrons. The molecule has 0 saturated carbocycles. The quantitative estimate of drug-likeness (QED) is 0.654. The van der Waals surface area contributed by atoms with Crippen molar-refractivity contribution in [3.63, 3.8) is 0 Å². The van der Waals surface area contributed by atoms with Gasteiger partial charge in [-0.05, 0) is 27.9 Å². The maximum absolute atomic E-state index is 13.8. The molecule has 0 spiro atoms. The van der Waals surface area contributed by atoms with E-state index in [9.17, 15) is 4.39 Å². The minimum atomic E-state index is -0.235. The topological polar surface area (TPSA) is 38.0 Å². The standard InChI is InChI=1S/C11H16BrFN2/c1-3-7(2)11(15-14)8-5-4-6-9(12)10(8)13/h4-7,11,15H,3,14H2,1-2H3. The molecule has 0 aliphatic heterocycles. The summed E-state index contributed by atoms with van der Waals surface area (Å²) in [5.41, 5.74) is 3.29. The third-order valence-electron chi connectivity index (χ3n) is 2.71. The van der Waals surface area contributed by atoms with Gasteiger partial charge in [0.2, 0.25) is 0 Å². The third-order valence-corrected chi connectivity index (χ3v) is 3.32. The van der Waals surface area contributed by atoms with Gasteiger partial charge in [-0.1, -0.05) is 32.4 Å². The normalized spacial score (nSPS) is 15.0. The molecular formula is C11H16BrFN2. The Morgan fingerprint density at radius 1 is 1.53 bits per heavy atom. The fourth-order valence-corrected chi connectivity index (χ4v) is 1.94. The van der Waals surface area contributed by atoms with Gasteiger partial charge in [-0.25, -0.2) is 4.39 Å². The summed E-state index contributed by atoms with van der Waals surface area (Å²) in [6.45, 7) is 4.11. The van der Waals surface area contributed by atoms with Crippen molar-refractivity contribution in [2.24, 2.45) is 11.8 Å². The van der Waals surface area contributed by atoms with Crippen molar-refractivity contribution in [3.05, 3.63) is 34.1 Å². The molecule has 2 unspecified atom stereocenters. The number of nitrogens with one attached hydrogen (secondary N) is 1. The average Bonchev–Trinajstić information content (AvgIpc) is 2.24. The summed E-state index contributed by atoms with van der Waals surface area (Å²) >= 11 is 3.17. The van der Waals surface area contributed by atoms with E-state index in [1.807, 2.05) is 13.0 Å². The monoisotopic (exact) mass is 274 g/mol. The van der Waals surface area contributed by atoms with Crippen LogP contribution in [0.3, 0.4) is 0 Å². The van der Waals surface area contributed by atoms with Crippen LogP contribution in [0.25, 0.3) is 0 Å². The van der Waals surface area contributed by atoms with E-state index in [1.165, 1.54) is 0 Å². The molecule has 3 N–H and O–H groups in total. The number of halogens is 2. The van der Waals surface area contributed by atoms with E-state index >= 15 is 0 Å². The Labute approximate surface area is 98.1 Å². The van der Waals surface area contributed by atoms with Crippen molar-refractivity contribution in [3.8, 4) is 0 Å². The second-order valence-electron chi connectivity index (χ2n) is 3.67. The molecule has 1 rings (SSSR count). The van der Waals surface area contributed by atoms with Gasteiger partial charge in [0.15, 0.2) is 0 Å². The van der Waals surface area contributed by atoms with Crippen molar-refractivity contribution in [2.75, 3.05) is 0 Å². The molecule has 0 aliphatic carbocycles. The summed E-state index contributed by atoms with van der Waals surface area (Å²) in [6, 6.07) is 5.11. The molecule has 0 aromatic heterocycles. The van der Waals surface area contributed by atoms with Crippen molar-refractivity contribution >= 4 is 15.9 Å². The predicted molar refractivity (Wildman–Crippen MR) is 63.6 cm³/mol.